The Kier molecular flexibility index (Phi) is 4.50. The summed E-state index contributed by atoms with van der Waals surface area (Å²) in [5.74, 6) is -0.132. The van der Waals surface area contributed by atoms with Gasteiger partial charge in [-0.25, -0.2) is 0 Å². The number of rotatable bonds is 3. The second kappa shape index (κ2) is 6.84. The van der Waals surface area contributed by atoms with Gasteiger partial charge >= 0.3 is 0 Å². The van der Waals surface area contributed by atoms with Crippen LogP contribution in [0.3, 0.4) is 0 Å². The molecule has 0 heterocycles. The number of ketones is 2. The lowest BCUT2D eigenvalue weighted by molar-refractivity contribution is 0.0974. The van der Waals surface area contributed by atoms with Gasteiger partial charge in [0.1, 0.15) is 11.5 Å². The van der Waals surface area contributed by atoms with Crippen LogP contribution in [-0.2, 0) is 0 Å². The molecule has 0 unspecified atom stereocenters. The van der Waals surface area contributed by atoms with Crippen LogP contribution in [0.4, 0.5) is 0 Å². The van der Waals surface area contributed by atoms with Gasteiger partial charge < -0.3 is 10.2 Å². The number of phenolic OH excluding ortho intramolecular Hbond substituents is 2. The topological polar surface area (TPSA) is 74.6 Å². The molecule has 2 aromatic carbocycles. The van der Waals surface area contributed by atoms with Gasteiger partial charge in [-0.2, -0.15) is 0 Å². The number of aromatic hydroxyl groups is 2. The summed E-state index contributed by atoms with van der Waals surface area (Å²) in [4.78, 5) is 25.8. The third-order valence-corrected chi connectivity index (χ3v) is 6.16. The van der Waals surface area contributed by atoms with Gasteiger partial charge in [0.2, 0.25) is 0 Å². The molecule has 0 aliphatic heterocycles. The summed E-state index contributed by atoms with van der Waals surface area (Å²) in [7, 11) is 0. The maximum absolute atomic E-state index is 13.0. The standard InChI is InChI=1S/C23H24O4/c1-2-3-13-4-6-14(7-5-13)15-8-9-16-17(12-15)23(27)21-19(25)11-10-18(24)20(21)22(16)26/h8-14,24-25H,2-7H2,1H3/t13-,14-. The highest BCUT2D eigenvalue weighted by Gasteiger charge is 2.35. The molecular weight excluding hydrogens is 340 g/mol. The number of carbonyl (C=O) groups excluding carboxylic acids is 2. The van der Waals surface area contributed by atoms with E-state index in [1.54, 1.807) is 6.07 Å². The van der Waals surface area contributed by atoms with Crippen LogP contribution in [0.5, 0.6) is 11.5 Å². The molecular formula is C23H24O4. The van der Waals surface area contributed by atoms with Gasteiger partial charge in [0.05, 0.1) is 11.1 Å². The van der Waals surface area contributed by atoms with Gasteiger partial charge in [0, 0.05) is 11.1 Å². The predicted octanol–water partition coefficient (Wildman–Crippen LogP) is 4.95. The molecule has 2 aliphatic carbocycles. The minimum Gasteiger partial charge on any atom is -0.507 e. The first-order valence-electron chi connectivity index (χ1n) is 9.79. The van der Waals surface area contributed by atoms with Gasteiger partial charge in [-0.1, -0.05) is 31.9 Å². The van der Waals surface area contributed by atoms with Crippen LogP contribution in [0.1, 0.15) is 88.8 Å². The van der Waals surface area contributed by atoms with Crippen molar-refractivity contribution in [1.29, 1.82) is 0 Å². The Bertz CT molecular complexity index is 920. The van der Waals surface area contributed by atoms with Crippen LogP contribution in [-0.4, -0.2) is 21.8 Å². The number of hydrogen-bond acceptors (Lipinski definition) is 4. The fraction of sp³-hybridized carbons (Fsp3) is 0.391. The molecule has 2 N–H and O–H groups in total. The van der Waals surface area contributed by atoms with Crippen molar-refractivity contribution in [3.8, 4) is 11.5 Å². The molecule has 0 atom stereocenters. The van der Waals surface area contributed by atoms with Crippen molar-refractivity contribution in [2.45, 2.75) is 51.4 Å². The molecule has 0 aromatic heterocycles. The van der Waals surface area contributed by atoms with Gasteiger partial charge in [-0.05, 0) is 61.3 Å². The lowest BCUT2D eigenvalue weighted by Crippen LogP contribution is -2.22. The first-order chi connectivity index (χ1) is 13.0. The van der Waals surface area contributed by atoms with Crippen LogP contribution in [0.25, 0.3) is 0 Å². The lowest BCUT2D eigenvalue weighted by atomic mass is 9.75. The maximum atomic E-state index is 13.0. The van der Waals surface area contributed by atoms with Gasteiger partial charge in [0.15, 0.2) is 11.6 Å². The molecule has 27 heavy (non-hydrogen) atoms. The van der Waals surface area contributed by atoms with Crippen LogP contribution in [0.2, 0.25) is 0 Å². The Balaban J connectivity index is 1.68. The SMILES string of the molecule is CCC[C@H]1CC[C@H](c2ccc3c(c2)C(=O)c2c(O)ccc(O)c2C3=O)CC1. The van der Waals surface area contributed by atoms with Crippen molar-refractivity contribution in [2.75, 3.05) is 0 Å². The van der Waals surface area contributed by atoms with E-state index in [0.717, 1.165) is 24.3 Å². The molecule has 140 valence electrons. The van der Waals surface area contributed by atoms with Gasteiger partial charge in [0.25, 0.3) is 0 Å². The van der Waals surface area contributed by atoms with Crippen molar-refractivity contribution in [3.05, 3.63) is 58.1 Å². The Morgan fingerprint density at radius 3 is 2.04 bits per heavy atom. The minimum atomic E-state index is -0.411. The number of carbonyl (C=O) groups is 2. The zero-order chi connectivity index (χ0) is 19.1. The predicted molar refractivity (Wildman–Crippen MR) is 103 cm³/mol. The smallest absolute Gasteiger partial charge is 0.198 e. The van der Waals surface area contributed by atoms with Crippen LogP contribution in [0, 0.1) is 5.92 Å². The summed E-state index contributed by atoms with van der Waals surface area (Å²) in [6.45, 7) is 2.23. The maximum Gasteiger partial charge on any atom is 0.198 e. The van der Waals surface area contributed by atoms with E-state index in [1.807, 2.05) is 12.1 Å². The Labute approximate surface area is 158 Å². The fourth-order valence-electron chi connectivity index (χ4n) is 4.70. The second-order valence-electron chi connectivity index (χ2n) is 7.82. The number of fused-ring (bicyclic) bond motifs is 2. The molecule has 0 bridgehead atoms. The average Bonchev–Trinajstić information content (AvgIpc) is 2.68. The van der Waals surface area contributed by atoms with Crippen molar-refractivity contribution in [3.63, 3.8) is 0 Å². The summed E-state index contributed by atoms with van der Waals surface area (Å²) in [5.41, 5.74) is 1.54. The third-order valence-electron chi connectivity index (χ3n) is 6.16. The van der Waals surface area contributed by atoms with Crippen molar-refractivity contribution in [2.24, 2.45) is 5.92 Å². The van der Waals surface area contributed by atoms with E-state index in [-0.39, 0.29) is 22.6 Å². The minimum absolute atomic E-state index is 0.0868. The highest BCUT2D eigenvalue weighted by atomic mass is 16.3. The van der Waals surface area contributed by atoms with Crippen molar-refractivity contribution >= 4 is 11.6 Å². The molecule has 4 heteroatoms. The van der Waals surface area contributed by atoms with E-state index in [9.17, 15) is 19.8 Å². The number of hydrogen-bond donors (Lipinski definition) is 2. The summed E-state index contributed by atoms with van der Waals surface area (Å²) < 4.78 is 0. The van der Waals surface area contributed by atoms with E-state index in [0.29, 0.717) is 17.0 Å². The van der Waals surface area contributed by atoms with Crippen molar-refractivity contribution in [1.82, 2.24) is 0 Å². The van der Waals surface area contributed by atoms with Crippen LogP contribution >= 0.6 is 0 Å². The van der Waals surface area contributed by atoms with E-state index in [2.05, 4.69) is 6.92 Å². The number of phenols is 2. The first-order valence-corrected chi connectivity index (χ1v) is 9.79. The van der Waals surface area contributed by atoms with Crippen LogP contribution < -0.4 is 0 Å². The zero-order valence-corrected chi connectivity index (χ0v) is 15.5. The van der Waals surface area contributed by atoms with Gasteiger partial charge in [-0.15, -0.1) is 0 Å². The summed E-state index contributed by atoms with van der Waals surface area (Å²) in [6, 6.07) is 7.97. The van der Waals surface area contributed by atoms with E-state index < -0.39 is 11.6 Å². The quantitative estimate of drug-likeness (QED) is 0.645. The summed E-state index contributed by atoms with van der Waals surface area (Å²) in [6.07, 6.45) is 7.13. The summed E-state index contributed by atoms with van der Waals surface area (Å²) in [5, 5.41) is 20.1. The molecule has 4 rings (SSSR count). The van der Waals surface area contributed by atoms with Gasteiger partial charge in [-0.3, -0.25) is 9.59 Å². The monoisotopic (exact) mass is 364 g/mol. The lowest BCUT2D eigenvalue weighted by Gasteiger charge is -2.29. The Morgan fingerprint density at radius 1 is 0.852 bits per heavy atom. The van der Waals surface area contributed by atoms with E-state index >= 15 is 0 Å². The molecule has 2 aliphatic rings. The second-order valence-corrected chi connectivity index (χ2v) is 7.82. The molecule has 0 amide bonds. The highest BCUT2D eigenvalue weighted by molar-refractivity contribution is 6.30. The normalized spacial score (nSPS) is 21.7. The molecule has 2 aromatic rings. The molecule has 1 fully saturated rings. The fourth-order valence-corrected chi connectivity index (χ4v) is 4.70. The number of benzene rings is 2. The molecule has 1 saturated carbocycles. The molecule has 0 spiro atoms. The highest BCUT2D eigenvalue weighted by Crippen LogP contribution is 2.41. The third kappa shape index (κ3) is 2.93. The Hall–Kier alpha value is -2.62. The molecule has 0 radical (unpaired) electrons. The average molecular weight is 364 g/mol. The molecule has 0 saturated heterocycles. The summed E-state index contributed by atoms with van der Waals surface area (Å²) >= 11 is 0. The van der Waals surface area contributed by atoms with Crippen molar-refractivity contribution < 1.29 is 19.8 Å². The molecule has 4 nitrogen and oxygen atoms in total. The van der Waals surface area contributed by atoms with E-state index in [4.69, 9.17) is 0 Å². The van der Waals surface area contributed by atoms with E-state index in [1.165, 1.54) is 37.8 Å². The Morgan fingerprint density at radius 2 is 1.44 bits per heavy atom. The zero-order valence-electron chi connectivity index (χ0n) is 15.5. The van der Waals surface area contributed by atoms with Crippen LogP contribution in [0.15, 0.2) is 30.3 Å². The first kappa shape index (κ1) is 17.8. The largest absolute Gasteiger partial charge is 0.507 e.